The summed E-state index contributed by atoms with van der Waals surface area (Å²) in [4.78, 5) is 10.6. The van der Waals surface area contributed by atoms with Crippen LogP contribution in [-0.4, -0.2) is 22.2 Å². The fourth-order valence-corrected chi connectivity index (χ4v) is 1.20. The fraction of sp³-hybridized carbons (Fsp3) is 0.222. The molecule has 1 aromatic rings. The highest BCUT2D eigenvalue weighted by Crippen LogP contribution is 2.24. The van der Waals surface area contributed by atoms with Crippen molar-refractivity contribution in [2.75, 3.05) is 5.73 Å². The quantitative estimate of drug-likeness (QED) is 0.539. The molecule has 15 heavy (non-hydrogen) atoms. The number of amides is 1. The molecule has 0 aliphatic heterocycles. The summed E-state index contributed by atoms with van der Waals surface area (Å²) < 4.78 is 0. The zero-order chi connectivity index (χ0) is 11.6. The second kappa shape index (κ2) is 4.48. The van der Waals surface area contributed by atoms with E-state index in [1.165, 1.54) is 18.2 Å². The Hall–Kier alpha value is -1.30. The maximum Gasteiger partial charge on any atom is 0.249 e. The second-order valence-electron chi connectivity index (χ2n) is 3.07. The van der Waals surface area contributed by atoms with Gasteiger partial charge in [0.05, 0.1) is 10.7 Å². The molecule has 6 N–H and O–H groups in total. The first-order chi connectivity index (χ1) is 6.93. The molecular formula is C9H11ClN2O3. The van der Waals surface area contributed by atoms with Crippen LogP contribution < -0.4 is 11.5 Å². The lowest BCUT2D eigenvalue weighted by atomic mass is 10.0. The van der Waals surface area contributed by atoms with Crippen molar-refractivity contribution in [3.05, 3.63) is 28.8 Å². The Kier molecular flexibility index (Phi) is 3.52. The Bertz CT molecular complexity index is 384. The highest BCUT2D eigenvalue weighted by atomic mass is 35.5. The number of nitrogen functional groups attached to an aromatic ring is 1. The van der Waals surface area contributed by atoms with Crippen molar-refractivity contribution in [3.63, 3.8) is 0 Å². The number of carbonyl (C=O) groups is 1. The first kappa shape index (κ1) is 11.8. The summed E-state index contributed by atoms with van der Waals surface area (Å²) in [5.74, 6) is -1.00. The number of nitrogens with two attached hydrogens (primary N) is 2. The molecular weight excluding hydrogens is 220 g/mol. The van der Waals surface area contributed by atoms with Crippen molar-refractivity contribution >= 4 is 23.2 Å². The lowest BCUT2D eigenvalue weighted by Gasteiger charge is -2.15. The van der Waals surface area contributed by atoms with Gasteiger partial charge in [-0.1, -0.05) is 17.7 Å². The van der Waals surface area contributed by atoms with Crippen LogP contribution in [0.15, 0.2) is 18.2 Å². The van der Waals surface area contributed by atoms with Gasteiger partial charge in [-0.25, -0.2) is 0 Å². The Balaban J connectivity index is 2.96. The van der Waals surface area contributed by atoms with Crippen molar-refractivity contribution in [1.29, 1.82) is 0 Å². The monoisotopic (exact) mass is 230 g/mol. The van der Waals surface area contributed by atoms with E-state index in [0.717, 1.165) is 0 Å². The second-order valence-corrected chi connectivity index (χ2v) is 3.48. The number of carbonyl (C=O) groups excluding carboxylic acids is 1. The van der Waals surface area contributed by atoms with E-state index in [2.05, 4.69) is 0 Å². The zero-order valence-electron chi connectivity index (χ0n) is 7.72. The Labute approximate surface area is 91.3 Å². The van der Waals surface area contributed by atoms with E-state index in [1.54, 1.807) is 0 Å². The van der Waals surface area contributed by atoms with E-state index in [9.17, 15) is 15.0 Å². The van der Waals surface area contributed by atoms with E-state index in [1.807, 2.05) is 0 Å². The van der Waals surface area contributed by atoms with E-state index in [0.29, 0.717) is 5.02 Å². The number of benzene rings is 1. The number of halogens is 1. The molecule has 0 heterocycles. The van der Waals surface area contributed by atoms with Crippen LogP contribution in [0.4, 0.5) is 5.69 Å². The molecule has 2 unspecified atom stereocenters. The van der Waals surface area contributed by atoms with Gasteiger partial charge in [-0.2, -0.15) is 0 Å². The zero-order valence-corrected chi connectivity index (χ0v) is 8.48. The molecule has 0 fully saturated rings. The van der Waals surface area contributed by atoms with Gasteiger partial charge < -0.3 is 21.7 Å². The van der Waals surface area contributed by atoms with Gasteiger partial charge in [0.15, 0.2) is 6.10 Å². The predicted molar refractivity (Wildman–Crippen MR) is 56.0 cm³/mol. The Morgan fingerprint density at radius 1 is 1.40 bits per heavy atom. The standard InChI is InChI=1S/C9H11ClN2O3/c10-5-2-1-4(3-6(5)11)7(13)8(14)9(12)15/h1-3,7-8,13-14H,11H2,(H2,12,15). The Morgan fingerprint density at radius 2 is 2.00 bits per heavy atom. The molecule has 1 rings (SSSR count). The molecule has 5 nitrogen and oxygen atoms in total. The number of hydrogen-bond donors (Lipinski definition) is 4. The van der Waals surface area contributed by atoms with Crippen LogP contribution in [0.2, 0.25) is 5.02 Å². The molecule has 0 saturated carbocycles. The first-order valence-corrected chi connectivity index (χ1v) is 4.51. The topological polar surface area (TPSA) is 110 Å². The minimum absolute atomic E-state index is 0.255. The molecule has 1 aromatic carbocycles. The van der Waals surface area contributed by atoms with Crippen LogP contribution >= 0.6 is 11.6 Å². The molecule has 0 aromatic heterocycles. The van der Waals surface area contributed by atoms with Gasteiger partial charge in [0.25, 0.3) is 0 Å². The van der Waals surface area contributed by atoms with Gasteiger partial charge in [0.2, 0.25) is 5.91 Å². The summed E-state index contributed by atoms with van der Waals surface area (Å²) in [6, 6.07) is 4.29. The lowest BCUT2D eigenvalue weighted by molar-refractivity contribution is -0.131. The van der Waals surface area contributed by atoms with E-state index >= 15 is 0 Å². The van der Waals surface area contributed by atoms with Crippen molar-refractivity contribution < 1.29 is 15.0 Å². The summed E-state index contributed by atoms with van der Waals surface area (Å²) in [6.45, 7) is 0. The van der Waals surface area contributed by atoms with Gasteiger partial charge >= 0.3 is 0 Å². The third-order valence-electron chi connectivity index (χ3n) is 1.95. The normalized spacial score (nSPS) is 14.6. The number of primary amides is 1. The van der Waals surface area contributed by atoms with Gasteiger partial charge in [-0.15, -0.1) is 0 Å². The minimum atomic E-state index is -1.66. The van der Waals surface area contributed by atoms with Gasteiger partial charge in [0.1, 0.15) is 6.10 Å². The van der Waals surface area contributed by atoms with Gasteiger partial charge in [-0.3, -0.25) is 4.79 Å². The van der Waals surface area contributed by atoms with Crippen molar-refractivity contribution in [2.24, 2.45) is 5.73 Å². The molecule has 6 heteroatoms. The molecule has 0 bridgehead atoms. The van der Waals surface area contributed by atoms with Crippen LogP contribution in [0.25, 0.3) is 0 Å². The summed E-state index contributed by atoms with van der Waals surface area (Å²) in [7, 11) is 0. The average molecular weight is 231 g/mol. The van der Waals surface area contributed by atoms with E-state index in [4.69, 9.17) is 23.1 Å². The molecule has 0 aliphatic rings. The number of aliphatic hydroxyl groups is 2. The molecule has 0 spiro atoms. The summed E-state index contributed by atoms with van der Waals surface area (Å²) in [5.41, 5.74) is 10.9. The molecule has 0 aliphatic carbocycles. The van der Waals surface area contributed by atoms with Gasteiger partial charge in [-0.05, 0) is 17.7 Å². The van der Waals surface area contributed by atoms with Crippen LogP contribution in [0.3, 0.4) is 0 Å². The number of anilines is 1. The predicted octanol–water partition coefficient (Wildman–Crippen LogP) is -0.198. The maximum absolute atomic E-state index is 10.6. The molecule has 0 radical (unpaired) electrons. The fourth-order valence-electron chi connectivity index (χ4n) is 1.08. The summed E-state index contributed by atoms with van der Waals surface area (Å²) >= 11 is 5.67. The van der Waals surface area contributed by atoms with E-state index in [-0.39, 0.29) is 11.3 Å². The van der Waals surface area contributed by atoms with Crippen LogP contribution in [0.5, 0.6) is 0 Å². The minimum Gasteiger partial charge on any atom is -0.398 e. The largest absolute Gasteiger partial charge is 0.398 e. The average Bonchev–Trinajstić information content (AvgIpc) is 2.19. The van der Waals surface area contributed by atoms with E-state index < -0.39 is 18.1 Å². The highest BCUT2D eigenvalue weighted by Gasteiger charge is 2.23. The molecule has 82 valence electrons. The first-order valence-electron chi connectivity index (χ1n) is 4.14. The third kappa shape index (κ3) is 2.59. The molecule has 0 saturated heterocycles. The van der Waals surface area contributed by atoms with Crippen molar-refractivity contribution in [1.82, 2.24) is 0 Å². The smallest absolute Gasteiger partial charge is 0.249 e. The highest BCUT2D eigenvalue weighted by molar-refractivity contribution is 6.33. The maximum atomic E-state index is 10.6. The SMILES string of the molecule is NC(=O)C(O)C(O)c1ccc(Cl)c(N)c1. The molecule has 1 amide bonds. The summed E-state index contributed by atoms with van der Waals surface area (Å²) in [5, 5.41) is 19.1. The summed E-state index contributed by atoms with van der Waals surface area (Å²) in [6.07, 6.45) is -3.06. The number of aliphatic hydroxyl groups excluding tert-OH is 2. The Morgan fingerprint density at radius 3 is 2.47 bits per heavy atom. The lowest BCUT2D eigenvalue weighted by Crippen LogP contribution is -2.33. The van der Waals surface area contributed by atoms with Crippen molar-refractivity contribution in [3.8, 4) is 0 Å². The van der Waals surface area contributed by atoms with Gasteiger partial charge in [0, 0.05) is 0 Å². The third-order valence-corrected chi connectivity index (χ3v) is 2.30. The number of rotatable bonds is 3. The van der Waals surface area contributed by atoms with Crippen LogP contribution in [-0.2, 0) is 4.79 Å². The number of hydrogen-bond acceptors (Lipinski definition) is 4. The molecule has 2 atom stereocenters. The van der Waals surface area contributed by atoms with Crippen LogP contribution in [0.1, 0.15) is 11.7 Å². The van der Waals surface area contributed by atoms with Crippen molar-refractivity contribution in [2.45, 2.75) is 12.2 Å². The van der Waals surface area contributed by atoms with Crippen LogP contribution in [0, 0.1) is 0 Å².